The largest absolute Gasteiger partial charge is 0.483 e. The van der Waals surface area contributed by atoms with Crippen LogP contribution in [0.25, 0.3) is 11.4 Å². The molecule has 5 rings (SSSR count). The van der Waals surface area contributed by atoms with E-state index in [0.717, 1.165) is 17.8 Å². The van der Waals surface area contributed by atoms with Crippen molar-refractivity contribution in [2.24, 2.45) is 12.1 Å². The van der Waals surface area contributed by atoms with E-state index in [9.17, 15) is 18.0 Å². The van der Waals surface area contributed by atoms with Gasteiger partial charge in [0.15, 0.2) is 17.4 Å². The Hall–Kier alpha value is -4.13. The van der Waals surface area contributed by atoms with Gasteiger partial charge in [-0.05, 0) is 24.6 Å². The van der Waals surface area contributed by atoms with Crippen molar-refractivity contribution in [1.82, 2.24) is 24.7 Å². The van der Waals surface area contributed by atoms with Crippen molar-refractivity contribution in [3.63, 3.8) is 0 Å². The molecule has 1 aromatic carbocycles. The van der Waals surface area contributed by atoms with E-state index in [1.54, 1.807) is 11.7 Å². The highest BCUT2D eigenvalue weighted by molar-refractivity contribution is 5.79. The third kappa shape index (κ3) is 4.88. The molecule has 0 unspecified atom stereocenters. The number of pyridine rings is 1. The normalized spacial score (nSPS) is 17.2. The summed E-state index contributed by atoms with van der Waals surface area (Å²) in [6.45, 7) is 2.50. The average Bonchev–Trinajstić information content (AvgIpc) is 3.44. The summed E-state index contributed by atoms with van der Waals surface area (Å²) in [5, 5.41) is 21.8. The monoisotopic (exact) mass is 529 g/mol. The third-order valence-electron chi connectivity index (χ3n) is 6.46. The molecular formula is C25H26F3N7O3. The number of nitrogens with one attached hydrogen (secondary N) is 1. The van der Waals surface area contributed by atoms with Gasteiger partial charge in [0.05, 0.1) is 43.3 Å². The molecule has 0 spiro atoms. The molecule has 4 heterocycles. The lowest BCUT2D eigenvalue weighted by Crippen LogP contribution is -2.58. The second-order valence-electron chi connectivity index (χ2n) is 9.12. The number of rotatable bonds is 7. The van der Waals surface area contributed by atoms with E-state index < -0.39 is 35.6 Å². The van der Waals surface area contributed by atoms with Crippen molar-refractivity contribution < 1.29 is 27.8 Å². The minimum absolute atomic E-state index is 0.00938. The Labute approximate surface area is 216 Å². The Morgan fingerprint density at radius 3 is 2.63 bits per heavy atom. The number of nitrogens with zero attached hydrogens (tertiary/aromatic N) is 6. The molecule has 1 atom stereocenters. The number of halogens is 3. The number of aryl methyl sites for hydroxylation is 1. The lowest BCUT2D eigenvalue weighted by molar-refractivity contribution is 0.0256. The number of hydrazone groups is 1. The van der Waals surface area contributed by atoms with E-state index in [2.05, 4.69) is 20.5 Å². The number of carbonyl (C=O) groups is 1. The van der Waals surface area contributed by atoms with Crippen molar-refractivity contribution in [2.75, 3.05) is 31.6 Å². The van der Waals surface area contributed by atoms with E-state index in [-0.39, 0.29) is 25.4 Å². The highest BCUT2D eigenvalue weighted by atomic mass is 19.1. The zero-order chi connectivity index (χ0) is 27.0. The first-order valence-electron chi connectivity index (χ1n) is 12.0. The Bertz CT molecular complexity index is 1370. The molecule has 2 aliphatic rings. The summed E-state index contributed by atoms with van der Waals surface area (Å²) in [5.41, 5.74) is 2.21. The molecule has 2 aliphatic heterocycles. The maximum Gasteiger partial charge on any atom is 0.341 e. The second-order valence-corrected chi connectivity index (χ2v) is 9.12. The number of hydrogen-bond acceptors (Lipinski definition) is 7. The van der Waals surface area contributed by atoms with Gasteiger partial charge in [-0.1, -0.05) is 0 Å². The summed E-state index contributed by atoms with van der Waals surface area (Å²) in [4.78, 5) is 18.7. The number of likely N-dealkylation sites (tertiary alicyclic amines) is 1. The molecule has 13 heteroatoms. The van der Waals surface area contributed by atoms with Gasteiger partial charge in [0, 0.05) is 43.9 Å². The molecule has 2 aromatic heterocycles. The van der Waals surface area contributed by atoms with Gasteiger partial charge in [0.25, 0.3) is 0 Å². The molecule has 38 heavy (non-hydrogen) atoms. The van der Waals surface area contributed by atoms with E-state index >= 15 is 0 Å². The van der Waals surface area contributed by atoms with Crippen LogP contribution in [0.1, 0.15) is 23.6 Å². The summed E-state index contributed by atoms with van der Waals surface area (Å²) in [6.07, 6.45) is 2.46. The average molecular weight is 530 g/mol. The maximum atomic E-state index is 14.6. The number of hydrogen-bond donors (Lipinski definition) is 2. The first-order valence-corrected chi connectivity index (χ1v) is 12.0. The number of ether oxygens (including phenoxy) is 1. The van der Waals surface area contributed by atoms with E-state index in [1.807, 2.05) is 6.92 Å². The van der Waals surface area contributed by atoms with Crippen molar-refractivity contribution in [3.8, 4) is 17.1 Å². The van der Waals surface area contributed by atoms with Gasteiger partial charge in [-0.3, -0.25) is 9.67 Å². The summed E-state index contributed by atoms with van der Waals surface area (Å²) in [5.74, 6) is -1.52. The minimum atomic E-state index is -0.727. The van der Waals surface area contributed by atoms with Crippen molar-refractivity contribution in [2.45, 2.75) is 25.5 Å². The van der Waals surface area contributed by atoms with Gasteiger partial charge >= 0.3 is 6.03 Å². The van der Waals surface area contributed by atoms with Crippen LogP contribution in [0.5, 0.6) is 5.75 Å². The molecule has 0 saturated carbocycles. The number of aliphatic hydroxyl groups excluding tert-OH is 1. The Morgan fingerprint density at radius 1 is 1.18 bits per heavy atom. The number of carbonyl (C=O) groups excluding carboxylic acids is 1. The molecular weight excluding hydrogens is 503 g/mol. The van der Waals surface area contributed by atoms with Crippen molar-refractivity contribution >= 4 is 18.1 Å². The van der Waals surface area contributed by atoms with Gasteiger partial charge in [-0.25, -0.2) is 23.0 Å². The standard InChI is InChI=1S/C25H26F3N7O3/c1-14-23(33(2)32-24(14)29-5-6-36)20-10-22(19(28)11-30-20)38-18-12-34(13-18)25(37)35-21(3-4-31-35)15-7-16(26)9-17(27)8-15/h4,7-11,18,21,36H,3,5-6,12-13H2,1-2H3,(H,29,32)/t21-/m0/s1. The van der Waals surface area contributed by atoms with E-state index in [1.165, 1.54) is 34.3 Å². The van der Waals surface area contributed by atoms with Crippen LogP contribution in [0, 0.1) is 24.4 Å². The highest BCUT2D eigenvalue weighted by Gasteiger charge is 2.39. The van der Waals surface area contributed by atoms with Crippen LogP contribution in [0.4, 0.5) is 23.8 Å². The number of anilines is 1. The van der Waals surface area contributed by atoms with Gasteiger partial charge in [-0.2, -0.15) is 10.2 Å². The molecule has 2 N–H and O–H groups in total. The number of aliphatic hydroxyl groups is 1. The maximum absolute atomic E-state index is 14.6. The molecule has 10 nitrogen and oxygen atoms in total. The fourth-order valence-corrected chi connectivity index (χ4v) is 4.61. The number of benzene rings is 1. The van der Waals surface area contributed by atoms with Crippen molar-refractivity contribution in [3.05, 3.63) is 59.0 Å². The molecule has 1 fully saturated rings. The summed E-state index contributed by atoms with van der Waals surface area (Å²) in [7, 11) is 1.74. The first-order chi connectivity index (χ1) is 18.2. The minimum Gasteiger partial charge on any atom is -0.483 e. The zero-order valence-corrected chi connectivity index (χ0v) is 20.7. The van der Waals surface area contributed by atoms with Crippen LogP contribution in [-0.4, -0.2) is 74.4 Å². The predicted molar refractivity (Wildman–Crippen MR) is 132 cm³/mol. The van der Waals surface area contributed by atoms with Crippen LogP contribution in [0.3, 0.4) is 0 Å². The summed E-state index contributed by atoms with van der Waals surface area (Å²) >= 11 is 0. The SMILES string of the molecule is Cc1c(NCCO)nn(C)c1-c1cc(OC2CN(C(=O)N3N=CC[C@H]3c3cc(F)cc(F)c3)C2)c(F)cn1. The Morgan fingerprint density at radius 2 is 1.92 bits per heavy atom. The van der Waals surface area contributed by atoms with Crippen LogP contribution < -0.4 is 10.1 Å². The molecule has 0 radical (unpaired) electrons. The smallest absolute Gasteiger partial charge is 0.341 e. The number of aromatic nitrogens is 3. The first kappa shape index (κ1) is 25.5. The molecule has 1 saturated heterocycles. The lowest BCUT2D eigenvalue weighted by atomic mass is 10.0. The summed E-state index contributed by atoms with van der Waals surface area (Å²) in [6, 6.07) is 3.58. The van der Waals surface area contributed by atoms with Crippen LogP contribution in [0.2, 0.25) is 0 Å². The predicted octanol–water partition coefficient (Wildman–Crippen LogP) is 3.23. The zero-order valence-electron chi connectivity index (χ0n) is 20.7. The second kappa shape index (κ2) is 10.3. The van der Waals surface area contributed by atoms with Gasteiger partial charge < -0.3 is 20.1 Å². The fourth-order valence-electron chi connectivity index (χ4n) is 4.61. The third-order valence-corrected chi connectivity index (χ3v) is 6.46. The van der Waals surface area contributed by atoms with E-state index in [0.29, 0.717) is 35.7 Å². The van der Waals surface area contributed by atoms with Crippen LogP contribution >= 0.6 is 0 Å². The highest BCUT2D eigenvalue weighted by Crippen LogP contribution is 2.33. The van der Waals surface area contributed by atoms with Gasteiger partial charge in [-0.15, -0.1) is 0 Å². The molecule has 2 amide bonds. The van der Waals surface area contributed by atoms with Gasteiger partial charge in [0.2, 0.25) is 0 Å². The molecule has 0 aliphatic carbocycles. The number of amides is 2. The molecule has 0 bridgehead atoms. The summed E-state index contributed by atoms with van der Waals surface area (Å²) < 4.78 is 49.4. The molecule has 3 aromatic rings. The fraction of sp³-hybridized carbons (Fsp3) is 0.360. The topological polar surface area (TPSA) is 108 Å². The van der Waals surface area contributed by atoms with Crippen LogP contribution in [0.15, 0.2) is 35.6 Å². The van der Waals surface area contributed by atoms with Crippen LogP contribution in [-0.2, 0) is 7.05 Å². The Kier molecular flexibility index (Phi) is 6.93. The van der Waals surface area contributed by atoms with Gasteiger partial charge in [0.1, 0.15) is 17.7 Å². The Balaban J connectivity index is 1.25. The quantitative estimate of drug-likeness (QED) is 0.487. The van der Waals surface area contributed by atoms with Crippen molar-refractivity contribution in [1.29, 1.82) is 0 Å². The lowest BCUT2D eigenvalue weighted by Gasteiger charge is -2.41. The molecule has 200 valence electrons. The van der Waals surface area contributed by atoms with E-state index in [4.69, 9.17) is 9.84 Å². The number of urea groups is 1.